The molecule has 4 heteroatoms. The third-order valence-electron chi connectivity index (χ3n) is 2.92. The van der Waals surface area contributed by atoms with E-state index in [0.29, 0.717) is 6.54 Å². The van der Waals surface area contributed by atoms with Gasteiger partial charge in [0.05, 0.1) is 12.1 Å². The maximum Gasteiger partial charge on any atom is 0.283 e. The molecule has 1 aliphatic heterocycles. The van der Waals surface area contributed by atoms with Crippen LogP contribution in [0.25, 0.3) is 0 Å². The van der Waals surface area contributed by atoms with Gasteiger partial charge in [-0.3, -0.25) is 9.69 Å². The summed E-state index contributed by atoms with van der Waals surface area (Å²) in [4.78, 5) is 13.6. The molecule has 1 aromatic heterocycles. The van der Waals surface area contributed by atoms with Crippen LogP contribution < -0.4 is 5.56 Å². The van der Waals surface area contributed by atoms with Crippen LogP contribution >= 0.6 is 0 Å². The number of H-pyrrole nitrogens is 1. The minimum atomic E-state index is -0.0924. The molecule has 0 radical (unpaired) electrons. The van der Waals surface area contributed by atoms with Crippen molar-refractivity contribution in [3.05, 3.63) is 58.6 Å². The van der Waals surface area contributed by atoms with E-state index in [0.717, 1.165) is 36.4 Å². The van der Waals surface area contributed by atoms with Gasteiger partial charge in [-0.05, 0) is 12.0 Å². The van der Waals surface area contributed by atoms with Gasteiger partial charge in [-0.25, -0.2) is 0 Å². The van der Waals surface area contributed by atoms with Crippen LogP contribution in [-0.2, 0) is 13.0 Å². The highest BCUT2D eigenvalue weighted by atomic mass is 16.5. The zero-order chi connectivity index (χ0) is 12.3. The fourth-order valence-electron chi connectivity index (χ4n) is 2.02. The molecule has 90 valence electrons. The lowest BCUT2D eigenvalue weighted by atomic mass is 10.1. The van der Waals surface area contributed by atoms with Crippen molar-refractivity contribution in [3.8, 4) is 0 Å². The minimum Gasteiger partial charge on any atom is -0.382 e. The van der Waals surface area contributed by atoms with Crippen LogP contribution in [0.3, 0.4) is 0 Å². The monoisotopic (exact) mass is 232 g/mol. The molecular weight excluding hydrogens is 216 g/mol. The second-order valence-corrected chi connectivity index (χ2v) is 4.08. The van der Waals surface area contributed by atoms with Crippen molar-refractivity contribution in [1.82, 2.24) is 10.1 Å². The van der Waals surface area contributed by atoms with E-state index in [-0.39, 0.29) is 5.56 Å². The first-order chi connectivity index (χ1) is 8.24. The number of aromatic nitrogens is 1. The highest BCUT2D eigenvalue weighted by Crippen LogP contribution is 2.16. The lowest BCUT2D eigenvalue weighted by molar-refractivity contribution is 0.234. The van der Waals surface area contributed by atoms with E-state index in [9.17, 15) is 4.79 Å². The minimum absolute atomic E-state index is 0.0924. The average Bonchev–Trinajstić information content (AvgIpc) is 2.70. The van der Waals surface area contributed by atoms with Gasteiger partial charge in [0.25, 0.3) is 5.56 Å². The predicted octanol–water partition coefficient (Wildman–Crippen LogP) is 1.62. The van der Waals surface area contributed by atoms with E-state index < -0.39 is 0 Å². The summed E-state index contributed by atoms with van der Waals surface area (Å²) in [5.41, 5.74) is 1.81. The highest BCUT2D eigenvalue weighted by Gasteiger charge is 2.22. The lowest BCUT2D eigenvalue weighted by Gasteiger charge is -2.25. The molecule has 0 spiro atoms. The second kappa shape index (κ2) is 5.01. The van der Waals surface area contributed by atoms with Crippen LogP contribution in [0.15, 0.2) is 46.3 Å². The topological polar surface area (TPSA) is 49.2 Å². The average molecular weight is 232 g/mol. The van der Waals surface area contributed by atoms with E-state index >= 15 is 0 Å². The van der Waals surface area contributed by atoms with Gasteiger partial charge in [0.1, 0.15) is 0 Å². The molecule has 0 atom stereocenters. The van der Waals surface area contributed by atoms with Gasteiger partial charge in [0, 0.05) is 13.1 Å². The lowest BCUT2D eigenvalue weighted by Crippen LogP contribution is -2.32. The summed E-state index contributed by atoms with van der Waals surface area (Å²) in [5, 5.41) is 2.38. The number of nitrogens with zero attached hydrogens (tertiary/aromatic N) is 1. The third-order valence-corrected chi connectivity index (χ3v) is 2.92. The molecule has 0 fully saturated rings. The highest BCUT2D eigenvalue weighted by molar-refractivity contribution is 5.24. The Morgan fingerprint density at radius 3 is 3.06 bits per heavy atom. The first-order valence-corrected chi connectivity index (χ1v) is 5.60. The van der Waals surface area contributed by atoms with E-state index in [1.54, 1.807) is 6.08 Å². The number of hydrogen-bond donors (Lipinski definition) is 1. The molecule has 17 heavy (non-hydrogen) atoms. The summed E-state index contributed by atoms with van der Waals surface area (Å²) in [6.07, 6.45) is 6.25. The fraction of sp³-hybridized carbons (Fsp3) is 0.308. The Hall–Kier alpha value is -1.81. The maximum absolute atomic E-state index is 11.3. The molecule has 2 rings (SSSR count). The van der Waals surface area contributed by atoms with Crippen molar-refractivity contribution in [2.24, 2.45) is 0 Å². The van der Waals surface area contributed by atoms with Crippen LogP contribution in [0.1, 0.15) is 11.3 Å². The van der Waals surface area contributed by atoms with Crippen molar-refractivity contribution in [2.75, 3.05) is 13.1 Å². The van der Waals surface area contributed by atoms with Crippen molar-refractivity contribution in [3.63, 3.8) is 0 Å². The summed E-state index contributed by atoms with van der Waals surface area (Å²) < 4.78 is 5.15. The molecule has 4 nitrogen and oxygen atoms in total. The molecule has 0 saturated heterocycles. The maximum atomic E-state index is 11.3. The summed E-state index contributed by atoms with van der Waals surface area (Å²) in [6, 6.07) is 0. The molecule has 1 aliphatic rings. The van der Waals surface area contributed by atoms with Gasteiger partial charge in [0.15, 0.2) is 5.76 Å². The smallest absolute Gasteiger partial charge is 0.283 e. The summed E-state index contributed by atoms with van der Waals surface area (Å²) in [6.45, 7) is 9.76. The molecule has 2 heterocycles. The zero-order valence-corrected chi connectivity index (χ0v) is 9.74. The number of aromatic amines is 1. The van der Waals surface area contributed by atoms with Gasteiger partial charge in [-0.2, -0.15) is 5.16 Å². The van der Waals surface area contributed by atoms with Crippen LogP contribution in [0, 0.1) is 0 Å². The Kier molecular flexibility index (Phi) is 3.44. The molecule has 0 bridgehead atoms. The van der Waals surface area contributed by atoms with Gasteiger partial charge < -0.3 is 4.52 Å². The first kappa shape index (κ1) is 11.7. The van der Waals surface area contributed by atoms with Crippen LogP contribution in [0.2, 0.25) is 0 Å². The third kappa shape index (κ3) is 2.47. The largest absolute Gasteiger partial charge is 0.382 e. The van der Waals surface area contributed by atoms with E-state index in [1.165, 1.54) is 0 Å². The van der Waals surface area contributed by atoms with Gasteiger partial charge >= 0.3 is 0 Å². The second-order valence-electron chi connectivity index (χ2n) is 4.08. The predicted molar refractivity (Wildman–Crippen MR) is 66.8 cm³/mol. The molecule has 0 aromatic carbocycles. The zero-order valence-electron chi connectivity index (χ0n) is 9.74. The molecule has 0 aliphatic carbocycles. The van der Waals surface area contributed by atoms with Crippen LogP contribution in [-0.4, -0.2) is 23.1 Å². The van der Waals surface area contributed by atoms with Gasteiger partial charge in [-0.15, -0.1) is 0 Å². The summed E-state index contributed by atoms with van der Waals surface area (Å²) >= 11 is 0. The normalized spacial score (nSPS) is 16.6. The first-order valence-electron chi connectivity index (χ1n) is 5.60. The van der Waals surface area contributed by atoms with E-state index in [4.69, 9.17) is 4.52 Å². The Balaban J connectivity index is 2.08. The van der Waals surface area contributed by atoms with Crippen molar-refractivity contribution in [1.29, 1.82) is 0 Å². The standard InChI is InChI=1S/C13H16N2O2/c1-3-5-10(4-2)8-15-7-6-11-12(9-15)17-14-13(11)16/h3-5H,1-2,6-9H2,(H,14,16)/b10-5+. The quantitative estimate of drug-likeness (QED) is 0.803. The molecular formula is C13H16N2O2. The SMILES string of the molecule is C=C/C=C(\C=C)CN1CCc2c(o[nH]c2=O)C1. The summed E-state index contributed by atoms with van der Waals surface area (Å²) in [7, 11) is 0. The van der Waals surface area contributed by atoms with Crippen LogP contribution in [0.4, 0.5) is 0 Å². The number of allylic oxidation sites excluding steroid dienone is 2. The molecule has 0 amide bonds. The number of rotatable bonds is 4. The number of fused-ring (bicyclic) bond motifs is 1. The van der Waals surface area contributed by atoms with E-state index in [2.05, 4.69) is 23.2 Å². The number of nitrogens with one attached hydrogen (secondary N) is 1. The van der Waals surface area contributed by atoms with Crippen molar-refractivity contribution < 1.29 is 4.52 Å². The Morgan fingerprint density at radius 2 is 2.35 bits per heavy atom. The van der Waals surface area contributed by atoms with E-state index in [1.807, 2.05) is 12.2 Å². The summed E-state index contributed by atoms with van der Waals surface area (Å²) in [5.74, 6) is 0.753. The Bertz CT molecular complexity index is 508. The molecule has 0 saturated carbocycles. The Morgan fingerprint density at radius 1 is 1.53 bits per heavy atom. The number of hydrogen-bond acceptors (Lipinski definition) is 3. The van der Waals surface area contributed by atoms with Crippen molar-refractivity contribution >= 4 is 0 Å². The van der Waals surface area contributed by atoms with Crippen molar-refractivity contribution in [2.45, 2.75) is 13.0 Å². The molecule has 1 N–H and O–H groups in total. The molecule has 0 unspecified atom stereocenters. The van der Waals surface area contributed by atoms with Crippen LogP contribution in [0.5, 0.6) is 0 Å². The fourth-order valence-corrected chi connectivity index (χ4v) is 2.02. The molecule has 1 aromatic rings. The Labute approximate surface area is 99.9 Å². The van der Waals surface area contributed by atoms with Gasteiger partial charge in [-0.1, -0.05) is 31.4 Å². The van der Waals surface area contributed by atoms with Gasteiger partial charge in [0.2, 0.25) is 0 Å².